The predicted octanol–water partition coefficient (Wildman–Crippen LogP) is 4.87. The molecule has 0 radical (unpaired) electrons. The Hall–Kier alpha value is -0.820. The predicted molar refractivity (Wildman–Crippen MR) is 83.4 cm³/mol. The first-order valence-electron chi connectivity index (χ1n) is 7.96. The van der Waals surface area contributed by atoms with Gasteiger partial charge in [-0.25, -0.2) is 0 Å². The minimum Gasteiger partial charge on any atom is -0.313 e. The lowest BCUT2D eigenvalue weighted by Gasteiger charge is -2.41. The van der Waals surface area contributed by atoms with Crippen molar-refractivity contribution in [2.75, 3.05) is 7.05 Å². The van der Waals surface area contributed by atoms with Gasteiger partial charge >= 0.3 is 0 Å². The summed E-state index contributed by atoms with van der Waals surface area (Å²) < 4.78 is 0. The second-order valence-electron chi connectivity index (χ2n) is 6.43. The van der Waals surface area contributed by atoms with Crippen LogP contribution in [0.1, 0.15) is 69.5 Å². The smallest absolute Gasteiger partial charge is 0.0372 e. The van der Waals surface area contributed by atoms with Crippen LogP contribution < -0.4 is 5.32 Å². The number of benzene rings is 1. The van der Waals surface area contributed by atoms with E-state index in [1.807, 2.05) is 0 Å². The minimum absolute atomic E-state index is 0.428. The Morgan fingerprint density at radius 3 is 2.58 bits per heavy atom. The van der Waals surface area contributed by atoms with E-state index in [4.69, 9.17) is 0 Å². The largest absolute Gasteiger partial charge is 0.313 e. The van der Waals surface area contributed by atoms with Crippen molar-refractivity contribution in [3.8, 4) is 0 Å². The standard InChI is InChI=1S/C18H29N/c1-4-9-15-10-8-11-16(14-15)17(19-3)18(2)12-6-5-7-13-18/h8,10-11,14,17,19H,4-7,9,12-13H2,1-3H3. The summed E-state index contributed by atoms with van der Waals surface area (Å²) in [6.45, 7) is 4.73. The first kappa shape index (κ1) is 14.6. The molecule has 106 valence electrons. The molecule has 1 aliphatic rings. The lowest BCUT2D eigenvalue weighted by atomic mass is 9.68. The van der Waals surface area contributed by atoms with E-state index in [-0.39, 0.29) is 0 Å². The summed E-state index contributed by atoms with van der Waals surface area (Å²) in [4.78, 5) is 0. The van der Waals surface area contributed by atoms with Crippen LogP contribution >= 0.6 is 0 Å². The zero-order valence-electron chi connectivity index (χ0n) is 12.8. The van der Waals surface area contributed by atoms with Gasteiger partial charge in [-0.1, -0.05) is 63.8 Å². The Bertz CT molecular complexity index is 390. The third-order valence-electron chi connectivity index (χ3n) is 4.80. The third kappa shape index (κ3) is 3.39. The van der Waals surface area contributed by atoms with Crippen LogP contribution in [0, 0.1) is 5.41 Å². The van der Waals surface area contributed by atoms with Crippen molar-refractivity contribution in [3.05, 3.63) is 35.4 Å². The molecule has 0 spiro atoms. The Labute approximate surface area is 118 Å². The monoisotopic (exact) mass is 259 g/mol. The van der Waals surface area contributed by atoms with Crippen molar-refractivity contribution in [2.45, 2.75) is 64.8 Å². The van der Waals surface area contributed by atoms with Crippen LogP contribution in [-0.2, 0) is 6.42 Å². The topological polar surface area (TPSA) is 12.0 Å². The first-order chi connectivity index (χ1) is 9.19. The Balaban J connectivity index is 2.22. The molecule has 0 aromatic heterocycles. The van der Waals surface area contributed by atoms with E-state index in [0.717, 1.165) is 0 Å². The van der Waals surface area contributed by atoms with E-state index in [1.165, 1.54) is 56.1 Å². The average Bonchev–Trinajstić information content (AvgIpc) is 2.41. The number of nitrogens with one attached hydrogen (secondary N) is 1. The molecule has 19 heavy (non-hydrogen) atoms. The molecule has 1 aromatic carbocycles. The van der Waals surface area contributed by atoms with Crippen molar-refractivity contribution >= 4 is 0 Å². The van der Waals surface area contributed by atoms with Gasteiger partial charge in [0.25, 0.3) is 0 Å². The quantitative estimate of drug-likeness (QED) is 0.795. The number of rotatable bonds is 5. The molecule has 2 rings (SSSR count). The van der Waals surface area contributed by atoms with E-state index >= 15 is 0 Å². The van der Waals surface area contributed by atoms with Gasteiger partial charge in [0.05, 0.1) is 0 Å². The van der Waals surface area contributed by atoms with E-state index in [2.05, 4.69) is 50.5 Å². The zero-order valence-corrected chi connectivity index (χ0v) is 12.8. The fourth-order valence-electron chi connectivity index (χ4n) is 3.78. The normalized spacial score (nSPS) is 20.2. The lowest BCUT2D eigenvalue weighted by Crippen LogP contribution is -2.36. The van der Waals surface area contributed by atoms with E-state index in [1.54, 1.807) is 0 Å². The Kier molecular flexibility index (Phi) is 5.04. The summed E-state index contributed by atoms with van der Waals surface area (Å²) in [5.74, 6) is 0. The molecule has 1 nitrogen and oxygen atoms in total. The molecule has 0 saturated heterocycles. The summed E-state index contributed by atoms with van der Waals surface area (Å²) in [5.41, 5.74) is 3.40. The van der Waals surface area contributed by atoms with Crippen LogP contribution in [0.5, 0.6) is 0 Å². The molecular formula is C18H29N. The highest BCUT2D eigenvalue weighted by Crippen LogP contribution is 2.45. The van der Waals surface area contributed by atoms with Crippen LogP contribution in [0.15, 0.2) is 24.3 Å². The molecule has 1 aromatic rings. The summed E-state index contributed by atoms with van der Waals surface area (Å²) in [6.07, 6.45) is 9.34. The maximum atomic E-state index is 3.60. The Morgan fingerprint density at radius 1 is 1.21 bits per heavy atom. The summed E-state index contributed by atoms with van der Waals surface area (Å²) in [7, 11) is 2.12. The summed E-state index contributed by atoms with van der Waals surface area (Å²) >= 11 is 0. The molecule has 1 atom stereocenters. The second-order valence-corrected chi connectivity index (χ2v) is 6.43. The molecule has 0 bridgehead atoms. The molecule has 1 unspecified atom stereocenters. The average molecular weight is 259 g/mol. The number of aryl methyl sites for hydroxylation is 1. The number of hydrogen-bond acceptors (Lipinski definition) is 1. The van der Waals surface area contributed by atoms with Gasteiger partial charge in [-0.2, -0.15) is 0 Å². The number of hydrogen-bond donors (Lipinski definition) is 1. The van der Waals surface area contributed by atoms with Gasteiger partial charge in [0.2, 0.25) is 0 Å². The molecule has 1 aliphatic carbocycles. The highest BCUT2D eigenvalue weighted by atomic mass is 14.9. The minimum atomic E-state index is 0.428. The second kappa shape index (κ2) is 6.56. The van der Waals surface area contributed by atoms with Crippen molar-refractivity contribution in [3.63, 3.8) is 0 Å². The van der Waals surface area contributed by atoms with Crippen LogP contribution in [-0.4, -0.2) is 7.05 Å². The summed E-state index contributed by atoms with van der Waals surface area (Å²) in [5, 5.41) is 3.60. The van der Waals surface area contributed by atoms with Crippen molar-refractivity contribution in [1.82, 2.24) is 5.32 Å². The van der Waals surface area contributed by atoms with Crippen molar-refractivity contribution in [1.29, 1.82) is 0 Å². The molecule has 0 aliphatic heterocycles. The van der Waals surface area contributed by atoms with Crippen molar-refractivity contribution < 1.29 is 0 Å². The van der Waals surface area contributed by atoms with Gasteiger partial charge in [0.15, 0.2) is 0 Å². The zero-order chi connectivity index (χ0) is 13.7. The lowest BCUT2D eigenvalue weighted by molar-refractivity contribution is 0.150. The van der Waals surface area contributed by atoms with Crippen LogP contribution in [0.2, 0.25) is 0 Å². The maximum Gasteiger partial charge on any atom is 0.0372 e. The fraction of sp³-hybridized carbons (Fsp3) is 0.667. The van der Waals surface area contributed by atoms with Crippen LogP contribution in [0.3, 0.4) is 0 Å². The van der Waals surface area contributed by atoms with Gasteiger partial charge < -0.3 is 5.32 Å². The van der Waals surface area contributed by atoms with Crippen molar-refractivity contribution in [2.24, 2.45) is 5.41 Å². The molecule has 1 heteroatoms. The van der Waals surface area contributed by atoms with Gasteiger partial charge in [0, 0.05) is 6.04 Å². The molecule has 0 heterocycles. The highest BCUT2D eigenvalue weighted by Gasteiger charge is 2.35. The van der Waals surface area contributed by atoms with Crippen LogP contribution in [0.25, 0.3) is 0 Å². The molecule has 1 N–H and O–H groups in total. The van der Waals surface area contributed by atoms with Gasteiger partial charge in [-0.05, 0) is 42.9 Å². The first-order valence-corrected chi connectivity index (χ1v) is 7.96. The highest BCUT2D eigenvalue weighted by molar-refractivity contribution is 5.28. The third-order valence-corrected chi connectivity index (χ3v) is 4.80. The Morgan fingerprint density at radius 2 is 1.95 bits per heavy atom. The SMILES string of the molecule is CCCc1cccc(C(NC)C2(C)CCCCC2)c1. The molecule has 1 saturated carbocycles. The molecular weight excluding hydrogens is 230 g/mol. The van der Waals surface area contributed by atoms with E-state index in [0.29, 0.717) is 11.5 Å². The fourth-order valence-corrected chi connectivity index (χ4v) is 3.78. The van der Waals surface area contributed by atoms with E-state index < -0.39 is 0 Å². The maximum absolute atomic E-state index is 3.60. The summed E-state index contributed by atoms with van der Waals surface area (Å²) in [6, 6.07) is 9.73. The van der Waals surface area contributed by atoms with Crippen LogP contribution in [0.4, 0.5) is 0 Å². The van der Waals surface area contributed by atoms with Gasteiger partial charge in [-0.3, -0.25) is 0 Å². The van der Waals surface area contributed by atoms with Gasteiger partial charge in [0.1, 0.15) is 0 Å². The molecule has 1 fully saturated rings. The molecule has 0 amide bonds. The van der Waals surface area contributed by atoms with E-state index in [9.17, 15) is 0 Å². The van der Waals surface area contributed by atoms with Gasteiger partial charge in [-0.15, -0.1) is 0 Å².